The van der Waals surface area contributed by atoms with Crippen molar-refractivity contribution in [2.45, 2.75) is 354 Å². The summed E-state index contributed by atoms with van der Waals surface area (Å²) >= 11 is 0. The number of hydrogen-bond donors (Lipinski definition) is 2. The first kappa shape index (κ1) is 73.8. The number of quaternary nitrogens is 1. The lowest BCUT2D eigenvalue weighted by molar-refractivity contribution is -0.870. The SMILES string of the molecule is CCCCCCCCCCCC/C=C/C(OC(=O)CCCCCCCCCCCCCCCCCCCCCCC)C(COP(=O)(O)OCC[N+](C)(C)C)NC(=O)CCCCCCCCCCCCCCCCCC. The van der Waals surface area contributed by atoms with Crippen molar-refractivity contribution in [3.63, 3.8) is 0 Å². The molecule has 0 spiro atoms. The quantitative estimate of drug-likeness (QED) is 0.0205. The largest absolute Gasteiger partial charge is 0.472 e. The maximum atomic E-state index is 13.6. The second-order valence-electron chi connectivity index (χ2n) is 24.0. The third-order valence-corrected chi connectivity index (χ3v) is 16.2. The van der Waals surface area contributed by atoms with Crippen LogP contribution >= 0.6 is 7.82 Å². The number of esters is 1. The topological polar surface area (TPSA) is 111 Å². The van der Waals surface area contributed by atoms with Crippen LogP contribution in [0.3, 0.4) is 0 Å². The van der Waals surface area contributed by atoms with E-state index in [9.17, 15) is 19.0 Å². The molecule has 446 valence electrons. The van der Waals surface area contributed by atoms with E-state index < -0.39 is 20.0 Å². The molecule has 2 N–H and O–H groups in total. The lowest BCUT2D eigenvalue weighted by atomic mass is 10.0. The minimum absolute atomic E-state index is 0.0459. The molecule has 10 heteroatoms. The standard InChI is InChI=1S/C65H129N2O7P/c1-7-10-13-16-19-22-25-28-30-32-33-34-35-36-38-40-43-46-49-52-55-58-65(69)74-63(56-53-50-47-44-41-27-24-21-18-15-12-9-3)62(61-73-75(70,71)72-60-59-67(4,5)6)66-64(68)57-54-51-48-45-42-39-37-31-29-26-23-20-17-14-11-8-2/h53,56,62-63H,7-52,54-55,57-61H2,1-6H3,(H-,66,68,70,71)/p+1/b56-53+. The Morgan fingerprint density at radius 2 is 0.760 bits per heavy atom. The Balaban J connectivity index is 5.12. The zero-order chi connectivity index (χ0) is 55.0. The van der Waals surface area contributed by atoms with Gasteiger partial charge in [-0.25, -0.2) is 4.57 Å². The summed E-state index contributed by atoms with van der Waals surface area (Å²) in [5.74, 6) is -0.481. The van der Waals surface area contributed by atoms with Gasteiger partial charge in [-0.15, -0.1) is 0 Å². The van der Waals surface area contributed by atoms with Crippen molar-refractivity contribution in [3.8, 4) is 0 Å². The van der Waals surface area contributed by atoms with Crippen molar-refractivity contribution >= 4 is 19.7 Å². The van der Waals surface area contributed by atoms with E-state index in [-0.39, 0.29) is 25.1 Å². The molecule has 3 unspecified atom stereocenters. The Bertz CT molecular complexity index is 1290. The molecule has 0 aliphatic rings. The molecule has 0 aliphatic carbocycles. The molecule has 1 amide bonds. The summed E-state index contributed by atoms with van der Waals surface area (Å²) in [4.78, 5) is 37.8. The summed E-state index contributed by atoms with van der Waals surface area (Å²) < 4.78 is 30.8. The first-order chi connectivity index (χ1) is 36.4. The van der Waals surface area contributed by atoms with Gasteiger partial charge in [-0.05, 0) is 31.8 Å². The van der Waals surface area contributed by atoms with Gasteiger partial charge in [0.15, 0.2) is 0 Å². The molecule has 0 aromatic heterocycles. The van der Waals surface area contributed by atoms with E-state index in [0.717, 1.165) is 57.8 Å². The van der Waals surface area contributed by atoms with Gasteiger partial charge in [0.1, 0.15) is 19.3 Å². The van der Waals surface area contributed by atoms with Crippen LogP contribution < -0.4 is 5.32 Å². The molecular weight excluding hydrogens is 952 g/mol. The van der Waals surface area contributed by atoms with E-state index in [1.54, 1.807) is 0 Å². The zero-order valence-electron chi connectivity index (χ0n) is 51.1. The number of phosphoric ester groups is 1. The van der Waals surface area contributed by atoms with Gasteiger partial charge in [-0.1, -0.05) is 309 Å². The summed E-state index contributed by atoms with van der Waals surface area (Å²) in [6, 6.07) is -0.839. The monoisotopic (exact) mass is 1080 g/mol. The van der Waals surface area contributed by atoms with Gasteiger partial charge in [0, 0.05) is 12.8 Å². The Hall–Kier alpha value is -1.25. The van der Waals surface area contributed by atoms with Crippen LogP contribution in [0.4, 0.5) is 0 Å². The van der Waals surface area contributed by atoms with Crippen molar-refractivity contribution in [1.29, 1.82) is 0 Å². The summed E-state index contributed by atoms with van der Waals surface area (Å²) in [5.41, 5.74) is 0. The fourth-order valence-electron chi connectivity index (χ4n) is 10.1. The van der Waals surface area contributed by atoms with Crippen LogP contribution in [0.25, 0.3) is 0 Å². The zero-order valence-corrected chi connectivity index (χ0v) is 52.0. The van der Waals surface area contributed by atoms with Gasteiger partial charge >= 0.3 is 13.8 Å². The van der Waals surface area contributed by atoms with Crippen molar-refractivity contribution in [3.05, 3.63) is 12.2 Å². The number of phosphoric acid groups is 1. The van der Waals surface area contributed by atoms with Crippen molar-refractivity contribution < 1.29 is 37.3 Å². The second kappa shape index (κ2) is 56.0. The number of hydrogen-bond acceptors (Lipinski definition) is 6. The number of ether oxygens (including phenoxy) is 1. The summed E-state index contributed by atoms with van der Waals surface area (Å²) in [7, 11) is 1.52. The molecule has 0 fully saturated rings. The second-order valence-corrected chi connectivity index (χ2v) is 25.5. The minimum Gasteiger partial charge on any atom is -0.456 e. The normalized spacial score (nSPS) is 13.6. The molecule has 0 saturated heterocycles. The highest BCUT2D eigenvalue weighted by atomic mass is 31.2. The fraction of sp³-hybridized carbons (Fsp3) is 0.938. The molecule has 0 aliphatic heterocycles. The van der Waals surface area contributed by atoms with Crippen molar-refractivity contribution in [2.24, 2.45) is 0 Å². The first-order valence-corrected chi connectivity index (χ1v) is 34.5. The molecule has 0 saturated carbocycles. The Morgan fingerprint density at radius 3 is 1.09 bits per heavy atom. The lowest BCUT2D eigenvalue weighted by Gasteiger charge is -2.27. The van der Waals surface area contributed by atoms with Crippen LogP contribution in [-0.4, -0.2) is 74.3 Å². The van der Waals surface area contributed by atoms with E-state index in [2.05, 4.69) is 26.1 Å². The molecule has 0 rings (SSSR count). The van der Waals surface area contributed by atoms with Gasteiger partial charge in [0.25, 0.3) is 0 Å². The van der Waals surface area contributed by atoms with Crippen molar-refractivity contribution in [2.75, 3.05) is 40.9 Å². The molecule has 75 heavy (non-hydrogen) atoms. The molecule has 0 aromatic carbocycles. The Morgan fingerprint density at radius 1 is 0.453 bits per heavy atom. The van der Waals surface area contributed by atoms with Crippen LogP contribution in [0, 0.1) is 0 Å². The number of nitrogens with one attached hydrogen (secondary N) is 1. The van der Waals surface area contributed by atoms with E-state index >= 15 is 0 Å². The number of carbonyl (C=O) groups excluding carboxylic acids is 2. The third kappa shape index (κ3) is 57.3. The van der Waals surface area contributed by atoms with Crippen LogP contribution in [0.15, 0.2) is 12.2 Å². The Kier molecular flexibility index (Phi) is 55.1. The van der Waals surface area contributed by atoms with Crippen molar-refractivity contribution in [1.82, 2.24) is 5.32 Å². The number of unbranched alkanes of at least 4 members (excludes halogenated alkanes) is 45. The van der Waals surface area contributed by atoms with Crippen LogP contribution in [0.5, 0.6) is 0 Å². The summed E-state index contributed by atoms with van der Waals surface area (Å²) in [6.45, 7) is 7.08. The lowest BCUT2D eigenvalue weighted by Crippen LogP contribution is -2.47. The number of allylic oxidation sites excluding steroid dienone is 1. The van der Waals surface area contributed by atoms with E-state index in [1.165, 1.54) is 250 Å². The van der Waals surface area contributed by atoms with Gasteiger partial charge in [-0.2, -0.15) is 0 Å². The summed E-state index contributed by atoms with van der Waals surface area (Å²) in [6.07, 6.45) is 64.9. The van der Waals surface area contributed by atoms with E-state index in [0.29, 0.717) is 23.9 Å². The molecule has 0 radical (unpaired) electrons. The van der Waals surface area contributed by atoms with E-state index in [4.69, 9.17) is 13.8 Å². The molecular formula is C65H130N2O7P+. The van der Waals surface area contributed by atoms with Gasteiger partial charge in [0.05, 0.1) is 33.8 Å². The van der Waals surface area contributed by atoms with Gasteiger partial charge in [0.2, 0.25) is 5.91 Å². The van der Waals surface area contributed by atoms with Gasteiger partial charge < -0.3 is 19.4 Å². The molecule has 3 atom stereocenters. The molecule has 9 nitrogen and oxygen atoms in total. The number of carbonyl (C=O) groups is 2. The molecule has 0 heterocycles. The molecule has 0 bridgehead atoms. The average Bonchev–Trinajstić information content (AvgIpc) is 3.37. The number of rotatable bonds is 61. The smallest absolute Gasteiger partial charge is 0.456 e. The fourth-order valence-corrected chi connectivity index (χ4v) is 10.9. The van der Waals surface area contributed by atoms with Crippen LogP contribution in [0.1, 0.15) is 342 Å². The average molecular weight is 1080 g/mol. The van der Waals surface area contributed by atoms with E-state index in [1.807, 2.05) is 33.3 Å². The highest BCUT2D eigenvalue weighted by molar-refractivity contribution is 7.47. The molecule has 0 aromatic rings. The first-order valence-electron chi connectivity index (χ1n) is 33.0. The third-order valence-electron chi connectivity index (χ3n) is 15.2. The highest BCUT2D eigenvalue weighted by Gasteiger charge is 2.30. The Labute approximate surface area is 467 Å². The predicted octanol–water partition coefficient (Wildman–Crippen LogP) is 20.3. The highest BCUT2D eigenvalue weighted by Crippen LogP contribution is 2.43. The number of nitrogens with zero attached hydrogens (tertiary/aromatic N) is 1. The van der Waals surface area contributed by atoms with Crippen LogP contribution in [-0.2, 0) is 27.9 Å². The number of amides is 1. The summed E-state index contributed by atoms with van der Waals surface area (Å²) in [5, 5.41) is 3.07. The number of likely N-dealkylation sites (N-methyl/N-ethyl adjacent to an activating group) is 1. The maximum absolute atomic E-state index is 13.6. The van der Waals surface area contributed by atoms with Crippen LogP contribution in [0.2, 0.25) is 0 Å². The van der Waals surface area contributed by atoms with Gasteiger partial charge in [-0.3, -0.25) is 18.6 Å². The maximum Gasteiger partial charge on any atom is 0.472 e. The predicted molar refractivity (Wildman–Crippen MR) is 323 cm³/mol. The minimum atomic E-state index is -4.44.